The molecule has 0 spiro atoms. The molecule has 2 rings (SSSR count). The maximum atomic E-state index is 13.1. The minimum atomic E-state index is -4.58. The highest BCUT2D eigenvalue weighted by molar-refractivity contribution is 9.10. The molecule has 1 aromatic carbocycles. The van der Waals surface area contributed by atoms with Crippen LogP contribution in [0.3, 0.4) is 0 Å². The van der Waals surface area contributed by atoms with Crippen molar-refractivity contribution in [1.29, 1.82) is 0 Å². The van der Waals surface area contributed by atoms with Gasteiger partial charge in [-0.3, -0.25) is 4.90 Å². The number of amides is 1. The molecule has 23 heavy (non-hydrogen) atoms. The van der Waals surface area contributed by atoms with Crippen molar-refractivity contribution in [3.63, 3.8) is 0 Å². The minimum Gasteiger partial charge on any atom is -0.480 e. The summed E-state index contributed by atoms with van der Waals surface area (Å²) in [5.41, 5.74) is -0.695. The van der Waals surface area contributed by atoms with Crippen molar-refractivity contribution in [3.8, 4) is 0 Å². The summed E-state index contributed by atoms with van der Waals surface area (Å²) in [4.78, 5) is 22.8. The van der Waals surface area contributed by atoms with Crippen molar-refractivity contribution >= 4 is 34.1 Å². The summed E-state index contributed by atoms with van der Waals surface area (Å²) in [6, 6.07) is 2.31. The molecular weight excluding hydrogens is 383 g/mol. The van der Waals surface area contributed by atoms with E-state index >= 15 is 0 Å². The van der Waals surface area contributed by atoms with E-state index in [1.165, 1.54) is 18.2 Å². The molecule has 0 bridgehead atoms. The van der Waals surface area contributed by atoms with Crippen molar-refractivity contribution in [1.82, 2.24) is 4.90 Å². The topological polar surface area (TPSA) is 77.8 Å². The molecule has 0 radical (unpaired) electrons. The van der Waals surface area contributed by atoms with E-state index < -0.39 is 29.8 Å². The number of likely N-dealkylation sites (tertiary alicyclic amines) is 1. The number of halogens is 4. The number of carbonyl (C=O) groups is 2. The largest absolute Gasteiger partial charge is 0.480 e. The van der Waals surface area contributed by atoms with E-state index in [2.05, 4.69) is 15.9 Å². The molecule has 5 nitrogen and oxygen atoms in total. The zero-order chi connectivity index (χ0) is 17.4. The van der Waals surface area contributed by atoms with Crippen LogP contribution in [0.5, 0.6) is 0 Å². The van der Waals surface area contributed by atoms with Crippen LogP contribution in [-0.2, 0) is 11.0 Å². The minimum absolute atomic E-state index is 0.132. The molecule has 0 unspecified atom stereocenters. The first kappa shape index (κ1) is 17.3. The van der Waals surface area contributed by atoms with E-state index in [0.29, 0.717) is 10.5 Å². The average Bonchev–Trinajstić information content (AvgIpc) is 2.84. The highest BCUT2D eigenvalue weighted by Gasteiger charge is 2.38. The molecule has 124 valence electrons. The van der Waals surface area contributed by atoms with Crippen molar-refractivity contribution in [2.24, 2.45) is 0 Å². The van der Waals surface area contributed by atoms with Crippen LogP contribution >= 0.6 is 15.9 Å². The Morgan fingerprint density at radius 2 is 1.96 bits per heavy atom. The van der Waals surface area contributed by atoms with E-state index in [0.717, 1.165) is 6.07 Å². The number of carboxylic acids is 1. The van der Waals surface area contributed by atoms with Crippen molar-refractivity contribution in [3.05, 3.63) is 39.4 Å². The van der Waals surface area contributed by atoms with Gasteiger partial charge in [-0.1, -0.05) is 28.1 Å². The number of aliphatic carboxylic acids is 1. The smallest absolute Gasteiger partial charge is 0.417 e. The first-order chi connectivity index (χ1) is 10.6. The Labute approximate surface area is 137 Å². The number of nitrogens with zero attached hydrogens (tertiary/aromatic N) is 1. The summed E-state index contributed by atoms with van der Waals surface area (Å²) < 4.78 is 39.4. The number of benzene rings is 1. The van der Waals surface area contributed by atoms with E-state index in [1.807, 2.05) is 0 Å². The predicted molar refractivity (Wildman–Crippen MR) is 77.9 cm³/mol. The molecule has 1 heterocycles. The lowest BCUT2D eigenvalue weighted by Crippen LogP contribution is -2.39. The lowest BCUT2D eigenvalue weighted by atomic mass is 10.0. The SMILES string of the molecule is O=C(O)[C@@H]1CC(=Cc2ccc(Br)cc2C(F)(F)F)CN1C(=O)O. The van der Waals surface area contributed by atoms with Gasteiger partial charge in [-0.25, -0.2) is 9.59 Å². The van der Waals surface area contributed by atoms with E-state index in [1.54, 1.807) is 0 Å². The number of carboxylic acid groups (broad SMARTS) is 2. The second-order valence-corrected chi connectivity index (χ2v) is 5.92. The third-order valence-electron chi connectivity index (χ3n) is 3.42. The quantitative estimate of drug-likeness (QED) is 0.802. The molecule has 1 aromatic rings. The molecule has 1 saturated heterocycles. The highest BCUT2D eigenvalue weighted by Crippen LogP contribution is 2.36. The van der Waals surface area contributed by atoms with Crippen molar-refractivity contribution in [2.75, 3.05) is 6.54 Å². The highest BCUT2D eigenvalue weighted by atomic mass is 79.9. The van der Waals surface area contributed by atoms with Gasteiger partial charge in [-0.2, -0.15) is 13.2 Å². The first-order valence-electron chi connectivity index (χ1n) is 6.38. The van der Waals surface area contributed by atoms with Gasteiger partial charge in [0.1, 0.15) is 6.04 Å². The Kier molecular flexibility index (Phi) is 4.69. The molecule has 0 aliphatic carbocycles. The number of hydrogen-bond donors (Lipinski definition) is 2. The van der Waals surface area contributed by atoms with Gasteiger partial charge in [0.05, 0.1) is 5.56 Å². The molecule has 0 saturated carbocycles. The van der Waals surface area contributed by atoms with Crippen LogP contribution in [0.15, 0.2) is 28.2 Å². The van der Waals surface area contributed by atoms with Crippen molar-refractivity contribution in [2.45, 2.75) is 18.6 Å². The third kappa shape index (κ3) is 3.84. The van der Waals surface area contributed by atoms with Crippen LogP contribution in [0.1, 0.15) is 17.5 Å². The zero-order valence-electron chi connectivity index (χ0n) is 11.5. The van der Waals surface area contributed by atoms with Crippen LogP contribution in [-0.4, -0.2) is 39.8 Å². The van der Waals surface area contributed by atoms with Crippen LogP contribution in [0.25, 0.3) is 6.08 Å². The molecule has 2 N–H and O–H groups in total. The Morgan fingerprint density at radius 3 is 2.43 bits per heavy atom. The van der Waals surface area contributed by atoms with Crippen LogP contribution in [0, 0.1) is 0 Å². The molecule has 0 aromatic heterocycles. The van der Waals surface area contributed by atoms with E-state index in [4.69, 9.17) is 10.2 Å². The normalized spacial score (nSPS) is 20.1. The second-order valence-electron chi connectivity index (χ2n) is 5.00. The maximum Gasteiger partial charge on any atom is 0.417 e. The van der Waals surface area contributed by atoms with Crippen LogP contribution < -0.4 is 0 Å². The Morgan fingerprint density at radius 1 is 1.30 bits per heavy atom. The summed E-state index contributed by atoms with van der Waals surface area (Å²) in [6.45, 7) is -0.236. The van der Waals surface area contributed by atoms with Gasteiger partial charge in [0.25, 0.3) is 0 Å². The third-order valence-corrected chi connectivity index (χ3v) is 3.91. The van der Waals surface area contributed by atoms with Gasteiger partial charge in [0, 0.05) is 17.4 Å². The second kappa shape index (κ2) is 6.23. The summed E-state index contributed by atoms with van der Waals surface area (Å²) in [7, 11) is 0. The summed E-state index contributed by atoms with van der Waals surface area (Å²) >= 11 is 2.97. The maximum absolute atomic E-state index is 13.1. The summed E-state index contributed by atoms with van der Waals surface area (Å²) in [5, 5.41) is 18.0. The van der Waals surface area contributed by atoms with Gasteiger partial charge in [0.15, 0.2) is 0 Å². The average molecular weight is 394 g/mol. The molecule has 1 atom stereocenters. The Bertz CT molecular complexity index is 663. The number of rotatable bonds is 2. The number of hydrogen-bond acceptors (Lipinski definition) is 2. The van der Waals surface area contributed by atoms with E-state index in [-0.39, 0.29) is 23.0 Å². The Balaban J connectivity index is 2.40. The summed E-state index contributed by atoms with van der Waals surface area (Å²) in [6.07, 6.45) is -4.94. The fourth-order valence-electron chi connectivity index (χ4n) is 2.40. The van der Waals surface area contributed by atoms with Crippen molar-refractivity contribution < 1.29 is 33.0 Å². The van der Waals surface area contributed by atoms with Gasteiger partial charge >= 0.3 is 18.2 Å². The lowest BCUT2D eigenvalue weighted by Gasteiger charge is -2.16. The molecule has 1 amide bonds. The van der Waals surface area contributed by atoms with Gasteiger partial charge < -0.3 is 10.2 Å². The molecule has 1 aliphatic rings. The fourth-order valence-corrected chi connectivity index (χ4v) is 2.76. The molecule has 9 heteroatoms. The summed E-state index contributed by atoms with van der Waals surface area (Å²) in [5.74, 6) is -1.33. The fraction of sp³-hybridized carbons (Fsp3) is 0.286. The van der Waals surface area contributed by atoms with Gasteiger partial charge in [0.2, 0.25) is 0 Å². The molecule has 1 fully saturated rings. The molecular formula is C14H11BrF3NO4. The first-order valence-corrected chi connectivity index (χ1v) is 7.17. The predicted octanol–water partition coefficient (Wildman–Crippen LogP) is 3.69. The van der Waals surface area contributed by atoms with E-state index in [9.17, 15) is 22.8 Å². The van der Waals surface area contributed by atoms with Gasteiger partial charge in [-0.15, -0.1) is 0 Å². The van der Waals surface area contributed by atoms with Crippen LogP contribution in [0.4, 0.5) is 18.0 Å². The monoisotopic (exact) mass is 393 g/mol. The molecule has 1 aliphatic heterocycles. The standard InChI is InChI=1S/C14H11BrF3NO4/c15-9-2-1-8(10(5-9)14(16,17)18)3-7-4-11(12(20)21)19(6-7)13(22)23/h1-3,5,11H,4,6H2,(H,20,21)(H,22,23)/t11-/m0/s1. The lowest BCUT2D eigenvalue weighted by molar-refractivity contribution is -0.141. The van der Waals surface area contributed by atoms with Gasteiger partial charge in [-0.05, 0) is 23.3 Å². The number of alkyl halides is 3. The Hall–Kier alpha value is -2.03. The van der Waals surface area contributed by atoms with Crippen LogP contribution in [0.2, 0.25) is 0 Å². The zero-order valence-corrected chi connectivity index (χ0v) is 13.1.